The lowest BCUT2D eigenvalue weighted by atomic mass is 10.1. The van der Waals surface area contributed by atoms with Crippen molar-refractivity contribution in [1.82, 2.24) is 0 Å². The van der Waals surface area contributed by atoms with Crippen molar-refractivity contribution in [3.05, 3.63) is 30.3 Å². The molecule has 0 spiro atoms. The van der Waals surface area contributed by atoms with Crippen molar-refractivity contribution in [3.8, 4) is 0 Å². The van der Waals surface area contributed by atoms with E-state index in [4.69, 9.17) is 9.98 Å². The van der Waals surface area contributed by atoms with Gasteiger partial charge in [0.15, 0.2) is 6.17 Å². The average Bonchev–Trinajstić information content (AvgIpc) is 2.69. The lowest BCUT2D eigenvalue weighted by Gasteiger charge is -2.26. The van der Waals surface area contributed by atoms with Crippen LogP contribution in [0, 0.1) is 0 Å². The predicted molar refractivity (Wildman–Crippen MR) is 75.8 cm³/mol. The quantitative estimate of drug-likeness (QED) is 0.743. The molecule has 0 fully saturated rings. The van der Waals surface area contributed by atoms with E-state index < -0.39 is 0 Å². The molecule has 0 radical (unpaired) electrons. The van der Waals surface area contributed by atoms with Crippen molar-refractivity contribution >= 4 is 22.8 Å². The summed E-state index contributed by atoms with van der Waals surface area (Å²) in [6, 6.07) is 10.2. The minimum absolute atomic E-state index is 0.0175. The number of nitrogens with zero attached hydrogens (tertiary/aromatic N) is 4. The number of para-hydroxylation sites is 1. The second-order valence-corrected chi connectivity index (χ2v) is 4.71. The number of hydrogen-bond donors (Lipinski definition) is 0. The zero-order valence-electron chi connectivity index (χ0n) is 10.8. The van der Waals surface area contributed by atoms with Gasteiger partial charge in [-0.1, -0.05) is 18.2 Å². The van der Waals surface area contributed by atoms with Crippen LogP contribution in [0.1, 0.15) is 20.8 Å². The SMILES string of the molecule is CC1=N[C@H]2C(C)=NN(c3ccccc3)[C@H]2N=C1C. The maximum Gasteiger partial charge on any atom is 0.170 e. The van der Waals surface area contributed by atoms with Gasteiger partial charge in [0.05, 0.1) is 22.8 Å². The van der Waals surface area contributed by atoms with Crippen LogP contribution in [0.5, 0.6) is 0 Å². The molecule has 0 aromatic heterocycles. The number of aliphatic imine (C=N–C) groups is 2. The highest BCUT2D eigenvalue weighted by molar-refractivity contribution is 6.41. The van der Waals surface area contributed by atoms with Crippen LogP contribution in [0.3, 0.4) is 0 Å². The lowest BCUT2D eigenvalue weighted by molar-refractivity contribution is 0.626. The molecule has 2 aliphatic rings. The Morgan fingerprint density at radius 1 is 0.944 bits per heavy atom. The summed E-state index contributed by atoms with van der Waals surface area (Å²) in [6.45, 7) is 6.03. The third-order valence-electron chi connectivity index (χ3n) is 3.43. The van der Waals surface area contributed by atoms with Gasteiger partial charge in [0, 0.05) is 0 Å². The first-order chi connectivity index (χ1) is 8.66. The van der Waals surface area contributed by atoms with Gasteiger partial charge in [-0.25, -0.2) is 5.01 Å². The maximum atomic E-state index is 4.73. The zero-order chi connectivity index (χ0) is 12.7. The summed E-state index contributed by atoms with van der Waals surface area (Å²) >= 11 is 0. The normalized spacial score (nSPS) is 26.4. The highest BCUT2D eigenvalue weighted by Crippen LogP contribution is 2.29. The molecule has 3 rings (SSSR count). The first kappa shape index (κ1) is 11.1. The average molecular weight is 240 g/mol. The topological polar surface area (TPSA) is 40.3 Å². The predicted octanol–water partition coefficient (Wildman–Crippen LogP) is 2.51. The van der Waals surface area contributed by atoms with E-state index in [2.05, 4.69) is 17.2 Å². The Kier molecular flexibility index (Phi) is 2.51. The molecule has 0 bridgehead atoms. The third-order valence-corrected chi connectivity index (χ3v) is 3.43. The molecule has 0 unspecified atom stereocenters. The van der Waals surface area contributed by atoms with E-state index in [0.29, 0.717) is 0 Å². The second kappa shape index (κ2) is 4.05. The van der Waals surface area contributed by atoms with Crippen molar-refractivity contribution in [1.29, 1.82) is 0 Å². The van der Waals surface area contributed by atoms with Gasteiger partial charge in [0.1, 0.15) is 6.04 Å². The maximum absolute atomic E-state index is 4.73. The minimum Gasteiger partial charge on any atom is -0.274 e. The van der Waals surface area contributed by atoms with Gasteiger partial charge in [0.2, 0.25) is 0 Å². The Bertz CT molecular complexity index is 556. The van der Waals surface area contributed by atoms with Gasteiger partial charge in [-0.3, -0.25) is 9.98 Å². The Balaban J connectivity index is 2.01. The van der Waals surface area contributed by atoms with E-state index in [9.17, 15) is 0 Å². The second-order valence-electron chi connectivity index (χ2n) is 4.71. The summed E-state index contributed by atoms with van der Waals surface area (Å²) in [4.78, 5) is 9.43. The van der Waals surface area contributed by atoms with Crippen LogP contribution in [0.2, 0.25) is 0 Å². The van der Waals surface area contributed by atoms with Gasteiger partial charge in [-0.05, 0) is 32.9 Å². The molecule has 1 aromatic rings. The summed E-state index contributed by atoms with van der Waals surface area (Å²) in [5.41, 5.74) is 4.11. The van der Waals surface area contributed by atoms with Gasteiger partial charge < -0.3 is 0 Å². The number of fused-ring (bicyclic) bond motifs is 1. The molecule has 2 aliphatic heterocycles. The van der Waals surface area contributed by atoms with Gasteiger partial charge >= 0.3 is 0 Å². The molecule has 18 heavy (non-hydrogen) atoms. The third kappa shape index (κ3) is 1.65. The van der Waals surface area contributed by atoms with Crippen LogP contribution in [-0.4, -0.2) is 29.3 Å². The van der Waals surface area contributed by atoms with Crippen LogP contribution < -0.4 is 5.01 Å². The molecule has 0 saturated heterocycles. The van der Waals surface area contributed by atoms with E-state index in [0.717, 1.165) is 22.8 Å². The Labute approximate surface area is 107 Å². The standard InChI is InChI=1S/C14H16N4/c1-9-10(2)16-14-13(15-9)11(3)17-18(14)12-7-5-4-6-8-12/h4-8,13-14H,1-3H3/t13-,14+/m0/s1. The van der Waals surface area contributed by atoms with E-state index in [1.54, 1.807) is 0 Å². The van der Waals surface area contributed by atoms with Crippen LogP contribution in [0.15, 0.2) is 45.4 Å². The fraction of sp³-hybridized carbons (Fsp3) is 0.357. The van der Waals surface area contributed by atoms with Gasteiger partial charge in [-0.15, -0.1) is 0 Å². The Hall–Kier alpha value is -1.97. The summed E-state index contributed by atoms with van der Waals surface area (Å²) in [6.07, 6.45) is -0.0175. The van der Waals surface area contributed by atoms with E-state index >= 15 is 0 Å². The van der Waals surface area contributed by atoms with Crippen molar-refractivity contribution in [3.63, 3.8) is 0 Å². The molecule has 0 N–H and O–H groups in total. The number of benzene rings is 1. The Morgan fingerprint density at radius 2 is 1.61 bits per heavy atom. The number of anilines is 1. The highest BCUT2D eigenvalue weighted by Gasteiger charge is 2.37. The van der Waals surface area contributed by atoms with Crippen LogP contribution in [0.4, 0.5) is 5.69 Å². The van der Waals surface area contributed by atoms with Crippen molar-refractivity contribution in [2.45, 2.75) is 33.0 Å². The van der Waals surface area contributed by atoms with Crippen molar-refractivity contribution in [2.75, 3.05) is 5.01 Å². The lowest BCUT2D eigenvalue weighted by Crippen LogP contribution is -2.39. The highest BCUT2D eigenvalue weighted by atomic mass is 15.5. The molecule has 4 nitrogen and oxygen atoms in total. The first-order valence-corrected chi connectivity index (χ1v) is 6.15. The number of rotatable bonds is 1. The van der Waals surface area contributed by atoms with Crippen molar-refractivity contribution in [2.24, 2.45) is 15.1 Å². The molecular formula is C14H16N4. The van der Waals surface area contributed by atoms with Crippen LogP contribution in [0.25, 0.3) is 0 Å². The molecule has 92 valence electrons. The number of hydrogen-bond acceptors (Lipinski definition) is 4. The molecule has 2 atom stereocenters. The monoisotopic (exact) mass is 240 g/mol. The molecule has 4 heteroatoms. The van der Waals surface area contributed by atoms with Crippen LogP contribution in [-0.2, 0) is 0 Å². The van der Waals surface area contributed by atoms with E-state index in [1.165, 1.54) is 0 Å². The van der Waals surface area contributed by atoms with E-state index in [-0.39, 0.29) is 12.2 Å². The fourth-order valence-corrected chi connectivity index (χ4v) is 2.31. The van der Waals surface area contributed by atoms with Gasteiger partial charge in [0.25, 0.3) is 0 Å². The molecule has 2 heterocycles. The number of hydrazone groups is 1. The van der Waals surface area contributed by atoms with Gasteiger partial charge in [-0.2, -0.15) is 5.10 Å². The molecular weight excluding hydrogens is 224 g/mol. The summed E-state index contributed by atoms with van der Waals surface area (Å²) < 4.78 is 0. The molecule has 0 saturated carbocycles. The van der Waals surface area contributed by atoms with Crippen molar-refractivity contribution < 1.29 is 0 Å². The smallest absolute Gasteiger partial charge is 0.170 e. The first-order valence-electron chi connectivity index (χ1n) is 6.15. The summed E-state index contributed by atoms with van der Waals surface area (Å²) in [7, 11) is 0. The molecule has 0 amide bonds. The zero-order valence-corrected chi connectivity index (χ0v) is 10.8. The molecule has 0 aliphatic carbocycles. The Morgan fingerprint density at radius 3 is 2.33 bits per heavy atom. The van der Waals surface area contributed by atoms with Crippen LogP contribution >= 0.6 is 0 Å². The largest absolute Gasteiger partial charge is 0.274 e. The fourth-order valence-electron chi connectivity index (χ4n) is 2.31. The summed E-state index contributed by atoms with van der Waals surface area (Å²) in [5, 5.41) is 6.58. The molecule has 1 aromatic carbocycles. The van der Waals surface area contributed by atoms with E-state index in [1.807, 2.05) is 44.0 Å². The minimum atomic E-state index is -0.0175. The summed E-state index contributed by atoms with van der Waals surface area (Å²) in [5.74, 6) is 0.